The van der Waals surface area contributed by atoms with Crippen molar-refractivity contribution in [2.45, 2.75) is 13.3 Å². The first-order valence-electron chi connectivity index (χ1n) is 7.64. The second-order valence-corrected chi connectivity index (χ2v) is 6.00. The number of methoxy groups -OCH3 is 2. The van der Waals surface area contributed by atoms with Gasteiger partial charge in [0.25, 0.3) is 0 Å². The molecule has 0 saturated heterocycles. The van der Waals surface area contributed by atoms with Gasteiger partial charge in [-0.2, -0.15) is 0 Å². The van der Waals surface area contributed by atoms with Crippen molar-refractivity contribution in [2.24, 2.45) is 5.92 Å². The third-order valence-corrected chi connectivity index (χ3v) is 3.86. The van der Waals surface area contributed by atoms with E-state index >= 15 is 0 Å². The van der Waals surface area contributed by atoms with Crippen LogP contribution in [0.15, 0.2) is 30.5 Å². The van der Waals surface area contributed by atoms with Gasteiger partial charge in [0, 0.05) is 30.4 Å². The summed E-state index contributed by atoms with van der Waals surface area (Å²) < 4.78 is 15.9. The molecule has 6 heteroatoms. The third-order valence-electron chi connectivity index (χ3n) is 3.63. The Balaban J connectivity index is 2.53. The number of nitrogens with zero attached hydrogens (tertiary/aromatic N) is 1. The molecule has 0 aliphatic carbocycles. The first-order valence-corrected chi connectivity index (χ1v) is 8.02. The summed E-state index contributed by atoms with van der Waals surface area (Å²) in [7, 11) is 3.12. The second-order valence-electron chi connectivity index (χ2n) is 5.57. The van der Waals surface area contributed by atoms with E-state index in [-0.39, 0.29) is 19.3 Å². The molecular formula is C18H22ClNO4. The number of aliphatic hydroxyl groups excluding tert-OH is 1. The van der Waals surface area contributed by atoms with E-state index in [9.17, 15) is 5.11 Å². The molecule has 0 aliphatic rings. The van der Waals surface area contributed by atoms with Gasteiger partial charge in [0.1, 0.15) is 5.75 Å². The summed E-state index contributed by atoms with van der Waals surface area (Å²) in [4.78, 5) is 4.19. The van der Waals surface area contributed by atoms with Gasteiger partial charge in [0.05, 0.1) is 13.3 Å². The first-order chi connectivity index (χ1) is 11.6. The number of pyridine rings is 1. The molecule has 0 bridgehead atoms. The summed E-state index contributed by atoms with van der Waals surface area (Å²) in [5.74, 6) is 1.20. The van der Waals surface area contributed by atoms with Gasteiger partial charge in [0.2, 0.25) is 5.88 Å². The van der Waals surface area contributed by atoms with Crippen LogP contribution in [-0.2, 0) is 11.2 Å². The van der Waals surface area contributed by atoms with E-state index in [0.29, 0.717) is 16.7 Å². The average Bonchev–Trinajstić information content (AvgIpc) is 2.61. The normalized spacial score (nSPS) is 12.0. The van der Waals surface area contributed by atoms with E-state index in [1.54, 1.807) is 20.4 Å². The topological polar surface area (TPSA) is 60.8 Å². The largest absolute Gasteiger partial charge is 0.481 e. The zero-order valence-corrected chi connectivity index (χ0v) is 14.8. The molecule has 1 heterocycles. The van der Waals surface area contributed by atoms with E-state index in [1.807, 2.05) is 31.2 Å². The molecule has 1 atom stereocenters. The predicted octanol–water partition coefficient (Wildman–Crippen LogP) is 3.56. The monoisotopic (exact) mass is 351 g/mol. The maximum absolute atomic E-state index is 9.37. The number of aromatic nitrogens is 1. The predicted molar refractivity (Wildman–Crippen MR) is 93.7 cm³/mol. The van der Waals surface area contributed by atoms with Crippen LogP contribution in [0.2, 0.25) is 5.02 Å². The highest BCUT2D eigenvalue weighted by molar-refractivity contribution is 6.30. The first kappa shape index (κ1) is 18.5. The lowest BCUT2D eigenvalue weighted by Gasteiger charge is -2.17. The maximum Gasteiger partial charge on any atom is 0.213 e. The van der Waals surface area contributed by atoms with Gasteiger partial charge in [-0.15, -0.1) is 0 Å². The van der Waals surface area contributed by atoms with Crippen LogP contribution in [0.1, 0.15) is 12.5 Å². The van der Waals surface area contributed by atoms with Crippen LogP contribution < -0.4 is 9.47 Å². The lowest BCUT2D eigenvalue weighted by atomic mass is 9.93. The average molecular weight is 352 g/mol. The second kappa shape index (κ2) is 8.87. The van der Waals surface area contributed by atoms with Crippen molar-refractivity contribution in [3.63, 3.8) is 0 Å². The maximum atomic E-state index is 9.37. The third kappa shape index (κ3) is 4.60. The molecule has 0 amide bonds. The van der Waals surface area contributed by atoms with Crippen LogP contribution in [0.5, 0.6) is 11.6 Å². The van der Waals surface area contributed by atoms with Gasteiger partial charge in [-0.05, 0) is 35.6 Å². The molecule has 1 aromatic carbocycles. The SMILES string of the molecule is COCOc1cnc(OC)cc1-c1cc(Cl)ccc1C[C@H](C)CO. The van der Waals surface area contributed by atoms with Gasteiger partial charge < -0.3 is 19.3 Å². The minimum atomic E-state index is 0.115. The van der Waals surface area contributed by atoms with Gasteiger partial charge in [-0.25, -0.2) is 4.98 Å². The molecule has 0 spiro atoms. The zero-order valence-electron chi connectivity index (χ0n) is 14.1. The molecule has 0 unspecified atom stereocenters. The van der Waals surface area contributed by atoms with E-state index in [2.05, 4.69) is 4.98 Å². The van der Waals surface area contributed by atoms with Crippen LogP contribution in [0, 0.1) is 5.92 Å². The Morgan fingerprint density at radius 1 is 1.21 bits per heavy atom. The molecule has 5 nitrogen and oxygen atoms in total. The van der Waals surface area contributed by atoms with E-state index in [0.717, 1.165) is 23.1 Å². The van der Waals surface area contributed by atoms with Crippen molar-refractivity contribution >= 4 is 11.6 Å². The van der Waals surface area contributed by atoms with E-state index in [1.165, 1.54) is 0 Å². The van der Waals surface area contributed by atoms with Crippen LogP contribution in [0.4, 0.5) is 0 Å². The van der Waals surface area contributed by atoms with Gasteiger partial charge >= 0.3 is 0 Å². The van der Waals surface area contributed by atoms with Crippen LogP contribution in [0.25, 0.3) is 11.1 Å². The Labute approximate surface area is 147 Å². The van der Waals surface area contributed by atoms with Gasteiger partial charge in [-0.3, -0.25) is 0 Å². The summed E-state index contributed by atoms with van der Waals surface area (Å²) in [6.07, 6.45) is 2.32. The number of aliphatic hydroxyl groups is 1. The van der Waals surface area contributed by atoms with Crippen molar-refractivity contribution in [1.82, 2.24) is 4.98 Å². The molecule has 0 radical (unpaired) electrons. The number of hydrogen-bond acceptors (Lipinski definition) is 5. The summed E-state index contributed by atoms with van der Waals surface area (Å²) in [5.41, 5.74) is 2.81. The van der Waals surface area contributed by atoms with Crippen molar-refractivity contribution < 1.29 is 19.3 Å². The molecule has 2 aromatic rings. The molecule has 2 rings (SSSR count). The highest BCUT2D eigenvalue weighted by atomic mass is 35.5. The highest BCUT2D eigenvalue weighted by Crippen LogP contribution is 2.36. The van der Waals surface area contributed by atoms with E-state index < -0.39 is 0 Å². The number of benzene rings is 1. The standard InChI is InChI=1S/C18H22ClNO4/c1-12(10-21)6-13-4-5-14(19)7-15(13)16-8-18(23-3)20-9-17(16)24-11-22-2/h4-5,7-9,12,21H,6,10-11H2,1-3H3/t12-/m0/s1. The van der Waals surface area contributed by atoms with Gasteiger partial charge in [-0.1, -0.05) is 24.6 Å². The molecule has 0 saturated carbocycles. The van der Waals surface area contributed by atoms with Crippen LogP contribution in [-0.4, -0.2) is 37.7 Å². The zero-order chi connectivity index (χ0) is 17.5. The Bertz CT molecular complexity index is 678. The Morgan fingerprint density at radius 2 is 2.00 bits per heavy atom. The minimum Gasteiger partial charge on any atom is -0.481 e. The minimum absolute atomic E-state index is 0.115. The van der Waals surface area contributed by atoms with Crippen molar-refractivity contribution in [3.05, 3.63) is 41.0 Å². The lowest BCUT2D eigenvalue weighted by molar-refractivity contribution is 0.0512. The van der Waals surface area contributed by atoms with Crippen molar-refractivity contribution in [2.75, 3.05) is 27.6 Å². The van der Waals surface area contributed by atoms with Gasteiger partial charge in [0.15, 0.2) is 6.79 Å². The Morgan fingerprint density at radius 3 is 2.67 bits per heavy atom. The molecule has 0 fully saturated rings. The van der Waals surface area contributed by atoms with Crippen molar-refractivity contribution in [3.8, 4) is 22.8 Å². The van der Waals surface area contributed by atoms with Crippen LogP contribution >= 0.6 is 11.6 Å². The lowest BCUT2D eigenvalue weighted by Crippen LogP contribution is -2.07. The smallest absolute Gasteiger partial charge is 0.213 e. The van der Waals surface area contributed by atoms with E-state index in [4.69, 9.17) is 25.8 Å². The fourth-order valence-corrected chi connectivity index (χ4v) is 2.57. The number of rotatable bonds is 8. The Kier molecular flexibility index (Phi) is 6.85. The number of halogens is 1. The summed E-state index contributed by atoms with van der Waals surface area (Å²) in [6, 6.07) is 7.51. The molecule has 130 valence electrons. The summed E-state index contributed by atoms with van der Waals surface area (Å²) in [6.45, 7) is 2.23. The molecule has 0 aliphatic heterocycles. The summed E-state index contributed by atoms with van der Waals surface area (Å²) in [5, 5.41) is 9.99. The molecule has 1 N–H and O–H groups in total. The Hall–Kier alpha value is -1.82. The quantitative estimate of drug-likeness (QED) is 0.737. The van der Waals surface area contributed by atoms with Crippen LogP contribution in [0.3, 0.4) is 0 Å². The molecule has 24 heavy (non-hydrogen) atoms. The summed E-state index contributed by atoms with van der Waals surface area (Å²) >= 11 is 6.21. The number of hydrogen-bond donors (Lipinski definition) is 1. The van der Waals surface area contributed by atoms with Crippen molar-refractivity contribution in [1.29, 1.82) is 0 Å². The highest BCUT2D eigenvalue weighted by Gasteiger charge is 2.15. The molecular weight excluding hydrogens is 330 g/mol. The number of ether oxygens (including phenoxy) is 3. The fourth-order valence-electron chi connectivity index (χ4n) is 2.40. The molecule has 1 aromatic heterocycles. The fraction of sp³-hybridized carbons (Fsp3) is 0.389.